The fraction of sp³-hybridized carbons (Fsp3) is 0.267. The number of hydrogen-bond acceptors (Lipinski definition) is 3. The van der Waals surface area contributed by atoms with E-state index < -0.39 is 0 Å². The molecule has 4 aromatic rings. The largest absolute Gasteiger partial charge is 0.332 e. The van der Waals surface area contributed by atoms with Crippen molar-refractivity contribution >= 4 is 33.9 Å². The van der Waals surface area contributed by atoms with Crippen molar-refractivity contribution in [2.45, 2.75) is 46.3 Å². The van der Waals surface area contributed by atoms with E-state index in [1.807, 2.05) is 84.6 Å². The van der Waals surface area contributed by atoms with Crippen LogP contribution < -0.4 is 0 Å². The molecule has 0 spiro atoms. The fourth-order valence-corrected chi connectivity index (χ4v) is 5.16. The Labute approximate surface area is 211 Å². The summed E-state index contributed by atoms with van der Waals surface area (Å²) in [7, 11) is 0. The third-order valence-corrected chi connectivity index (χ3v) is 7.59. The van der Waals surface area contributed by atoms with Gasteiger partial charge in [0.15, 0.2) is 0 Å². The van der Waals surface area contributed by atoms with Gasteiger partial charge < -0.3 is 9.80 Å². The Morgan fingerprint density at radius 1 is 0.886 bits per heavy atom. The second-order valence-electron chi connectivity index (χ2n) is 8.98. The molecular weight excluding hydrogens is 452 g/mol. The smallest absolute Gasteiger partial charge is 0.255 e. The summed E-state index contributed by atoms with van der Waals surface area (Å²) in [6, 6.07) is 25.7. The van der Waals surface area contributed by atoms with Gasteiger partial charge in [-0.05, 0) is 59.7 Å². The Kier molecular flexibility index (Phi) is 7.98. The molecule has 4 nitrogen and oxygen atoms in total. The average Bonchev–Trinajstić information content (AvgIpc) is 3.30. The van der Waals surface area contributed by atoms with E-state index >= 15 is 0 Å². The van der Waals surface area contributed by atoms with Crippen LogP contribution in [0.15, 0.2) is 84.2 Å². The average molecular weight is 485 g/mol. The highest BCUT2D eigenvalue weighted by molar-refractivity contribution is 7.10. The molecule has 35 heavy (non-hydrogen) atoms. The molecule has 0 saturated heterocycles. The van der Waals surface area contributed by atoms with Gasteiger partial charge in [-0.1, -0.05) is 73.7 Å². The summed E-state index contributed by atoms with van der Waals surface area (Å²) in [5.74, 6) is -0.146. The number of amides is 2. The number of aryl methyl sites for hydroxylation is 1. The molecule has 0 aliphatic heterocycles. The van der Waals surface area contributed by atoms with Crippen LogP contribution in [0.3, 0.4) is 0 Å². The first kappa shape index (κ1) is 24.7. The first-order chi connectivity index (χ1) is 17.0. The molecule has 0 bridgehead atoms. The lowest BCUT2D eigenvalue weighted by Gasteiger charge is -2.31. The van der Waals surface area contributed by atoms with Crippen molar-refractivity contribution in [2.75, 3.05) is 6.54 Å². The topological polar surface area (TPSA) is 40.6 Å². The maximum absolute atomic E-state index is 13.8. The van der Waals surface area contributed by atoms with Crippen molar-refractivity contribution in [3.8, 4) is 0 Å². The van der Waals surface area contributed by atoms with Crippen LogP contribution in [0.25, 0.3) is 10.8 Å². The maximum atomic E-state index is 13.8. The van der Waals surface area contributed by atoms with E-state index in [1.165, 1.54) is 10.4 Å². The Balaban J connectivity index is 1.63. The van der Waals surface area contributed by atoms with E-state index in [1.54, 1.807) is 16.2 Å². The van der Waals surface area contributed by atoms with Crippen LogP contribution in [-0.4, -0.2) is 34.2 Å². The molecule has 0 unspecified atom stereocenters. The zero-order valence-electron chi connectivity index (χ0n) is 20.6. The van der Waals surface area contributed by atoms with Gasteiger partial charge in [0.25, 0.3) is 5.91 Å². The maximum Gasteiger partial charge on any atom is 0.255 e. The number of hydrogen-bond donors (Lipinski definition) is 0. The lowest BCUT2D eigenvalue weighted by atomic mass is 10.0. The Hall–Kier alpha value is -3.44. The molecule has 0 N–H and O–H groups in total. The summed E-state index contributed by atoms with van der Waals surface area (Å²) in [6.07, 6.45) is 0.770. The minimum atomic E-state index is -0.100. The van der Waals surface area contributed by atoms with Crippen molar-refractivity contribution in [2.24, 2.45) is 0 Å². The zero-order chi connectivity index (χ0) is 24.8. The van der Waals surface area contributed by atoms with E-state index in [4.69, 9.17) is 0 Å². The van der Waals surface area contributed by atoms with Gasteiger partial charge >= 0.3 is 0 Å². The van der Waals surface area contributed by atoms with Gasteiger partial charge in [0, 0.05) is 23.0 Å². The summed E-state index contributed by atoms with van der Waals surface area (Å²) < 4.78 is 0. The van der Waals surface area contributed by atoms with Crippen LogP contribution in [-0.2, 0) is 17.9 Å². The molecular formula is C30H32N2O2S. The Morgan fingerprint density at radius 2 is 1.60 bits per heavy atom. The number of carbonyl (C=O) groups is 2. The molecule has 1 heterocycles. The second-order valence-corrected chi connectivity index (χ2v) is 9.98. The number of benzene rings is 3. The standard InChI is InChI=1S/C30H32N2O2S/c1-4-23(3)32(30(34)27-16-10-14-25-13-8-9-15-26(25)27)21-29(33)31(19-24-11-6-5-7-12-24)20-28-22(2)17-18-35-28/h5-18,23H,4,19-21H2,1-3H3/t23-/m1/s1. The van der Waals surface area contributed by atoms with Gasteiger partial charge in [-0.2, -0.15) is 0 Å². The molecule has 180 valence electrons. The highest BCUT2D eigenvalue weighted by atomic mass is 32.1. The van der Waals surface area contributed by atoms with Crippen molar-refractivity contribution in [1.29, 1.82) is 0 Å². The van der Waals surface area contributed by atoms with Crippen LogP contribution in [0.2, 0.25) is 0 Å². The monoisotopic (exact) mass is 484 g/mol. The van der Waals surface area contributed by atoms with Gasteiger partial charge in [-0.3, -0.25) is 9.59 Å². The third-order valence-electron chi connectivity index (χ3n) is 6.58. The normalized spacial score (nSPS) is 11.9. The molecule has 0 saturated carbocycles. The van der Waals surface area contributed by atoms with Gasteiger partial charge in [0.1, 0.15) is 6.54 Å². The molecule has 4 rings (SSSR count). The predicted molar refractivity (Wildman–Crippen MR) is 144 cm³/mol. The van der Waals surface area contributed by atoms with E-state index in [-0.39, 0.29) is 24.4 Å². The van der Waals surface area contributed by atoms with Crippen molar-refractivity contribution in [3.05, 3.63) is 106 Å². The summed E-state index contributed by atoms with van der Waals surface area (Å²) in [4.78, 5) is 32.3. The first-order valence-corrected chi connectivity index (χ1v) is 13.0. The van der Waals surface area contributed by atoms with E-state index in [2.05, 4.69) is 25.3 Å². The van der Waals surface area contributed by atoms with E-state index in [0.29, 0.717) is 18.7 Å². The number of fused-ring (bicyclic) bond motifs is 1. The number of carbonyl (C=O) groups excluding carboxylic acids is 2. The lowest BCUT2D eigenvalue weighted by Crippen LogP contribution is -2.46. The van der Waals surface area contributed by atoms with Crippen LogP contribution in [0, 0.1) is 6.92 Å². The highest BCUT2D eigenvalue weighted by Crippen LogP contribution is 2.23. The van der Waals surface area contributed by atoms with Crippen LogP contribution in [0.1, 0.15) is 46.6 Å². The predicted octanol–water partition coefficient (Wildman–Crippen LogP) is 6.68. The zero-order valence-corrected chi connectivity index (χ0v) is 21.4. The molecule has 1 atom stereocenters. The molecule has 0 aliphatic carbocycles. The summed E-state index contributed by atoms with van der Waals surface area (Å²) in [5, 5.41) is 3.99. The van der Waals surface area contributed by atoms with E-state index in [9.17, 15) is 9.59 Å². The van der Waals surface area contributed by atoms with Crippen LogP contribution in [0.4, 0.5) is 0 Å². The molecule has 0 fully saturated rings. The lowest BCUT2D eigenvalue weighted by molar-refractivity contribution is -0.133. The van der Waals surface area contributed by atoms with Crippen molar-refractivity contribution in [3.63, 3.8) is 0 Å². The quantitative estimate of drug-likeness (QED) is 0.266. The number of rotatable bonds is 9. The van der Waals surface area contributed by atoms with Gasteiger partial charge in [0.2, 0.25) is 5.91 Å². The summed E-state index contributed by atoms with van der Waals surface area (Å²) >= 11 is 1.67. The van der Waals surface area contributed by atoms with Crippen LogP contribution in [0.5, 0.6) is 0 Å². The molecule has 1 aromatic heterocycles. The van der Waals surface area contributed by atoms with Crippen molar-refractivity contribution < 1.29 is 9.59 Å². The highest BCUT2D eigenvalue weighted by Gasteiger charge is 2.27. The minimum Gasteiger partial charge on any atom is -0.332 e. The third kappa shape index (κ3) is 5.80. The summed E-state index contributed by atoms with van der Waals surface area (Å²) in [5.41, 5.74) is 2.90. The van der Waals surface area contributed by atoms with Gasteiger partial charge in [-0.15, -0.1) is 11.3 Å². The number of thiophene rings is 1. The van der Waals surface area contributed by atoms with Gasteiger partial charge in [-0.25, -0.2) is 0 Å². The van der Waals surface area contributed by atoms with Crippen molar-refractivity contribution in [1.82, 2.24) is 9.80 Å². The van der Waals surface area contributed by atoms with Gasteiger partial charge in [0.05, 0.1) is 6.54 Å². The molecule has 0 aliphatic rings. The molecule has 3 aromatic carbocycles. The van der Waals surface area contributed by atoms with Crippen LogP contribution >= 0.6 is 11.3 Å². The number of nitrogens with zero attached hydrogens (tertiary/aromatic N) is 2. The fourth-order valence-electron chi connectivity index (χ4n) is 4.24. The second kappa shape index (κ2) is 11.3. The Bertz CT molecular complexity index is 1290. The first-order valence-electron chi connectivity index (χ1n) is 12.1. The molecule has 2 amide bonds. The van der Waals surface area contributed by atoms with E-state index in [0.717, 1.165) is 22.8 Å². The Morgan fingerprint density at radius 3 is 2.31 bits per heavy atom. The molecule has 0 radical (unpaired) electrons. The SMILES string of the molecule is CC[C@@H](C)N(CC(=O)N(Cc1ccccc1)Cc1sccc1C)C(=O)c1cccc2ccccc12. The minimum absolute atomic E-state index is 0.0458. The molecule has 5 heteroatoms. The summed E-state index contributed by atoms with van der Waals surface area (Å²) in [6.45, 7) is 7.24.